The predicted molar refractivity (Wildman–Crippen MR) is 41.1 cm³/mol. The third-order valence-corrected chi connectivity index (χ3v) is 0.425. The molecule has 0 saturated heterocycles. The Hall–Kier alpha value is -0.290. The quantitative estimate of drug-likeness (QED) is 0.225. The van der Waals surface area contributed by atoms with Crippen LogP contribution >= 0.6 is 0 Å². The number of aliphatic hydroxyl groups excluding tert-OH is 2. The van der Waals surface area contributed by atoms with Gasteiger partial charge < -0.3 is 22.1 Å². The second-order valence-corrected chi connectivity index (χ2v) is 2.42. The SMILES string of the molecule is N.NC(O)CCO.O=S(=O)(O)O. The molecule has 8 nitrogen and oxygen atoms in total. The van der Waals surface area contributed by atoms with Crippen molar-refractivity contribution in [1.82, 2.24) is 6.15 Å². The van der Waals surface area contributed by atoms with Gasteiger partial charge >= 0.3 is 10.4 Å². The standard InChI is InChI=1S/C3H9NO2.H3N.H2O4S/c4-3(6)1-2-5;;1-5(2,3)4/h3,5-6H,1-2,4H2;1H3;(H2,1,2,3,4). The summed E-state index contributed by atoms with van der Waals surface area (Å²) < 4.78 is 31.6. The monoisotopic (exact) mass is 206 g/mol. The van der Waals surface area contributed by atoms with E-state index in [0.29, 0.717) is 0 Å². The molecule has 0 heterocycles. The summed E-state index contributed by atoms with van der Waals surface area (Å²) in [5.74, 6) is 0. The molecule has 0 aliphatic rings. The van der Waals surface area contributed by atoms with Gasteiger partial charge in [-0.15, -0.1) is 0 Å². The molecule has 0 aromatic carbocycles. The summed E-state index contributed by atoms with van der Waals surface area (Å²) in [6.45, 7) is -0.0440. The predicted octanol–water partition coefficient (Wildman–Crippen LogP) is -1.84. The minimum absolute atomic E-state index is 0. The molecule has 1 atom stereocenters. The van der Waals surface area contributed by atoms with Gasteiger partial charge in [0.1, 0.15) is 6.23 Å². The average Bonchev–Trinajstić information content (AvgIpc) is 1.58. The Morgan fingerprint density at radius 2 is 1.58 bits per heavy atom. The van der Waals surface area contributed by atoms with Crippen LogP contribution in [0.3, 0.4) is 0 Å². The van der Waals surface area contributed by atoms with Crippen LogP contribution in [0.15, 0.2) is 0 Å². The van der Waals surface area contributed by atoms with Gasteiger partial charge in [-0.05, 0) is 0 Å². The molecule has 0 rings (SSSR count). The molecule has 9 N–H and O–H groups in total. The largest absolute Gasteiger partial charge is 0.396 e. The van der Waals surface area contributed by atoms with Crippen LogP contribution in [0.1, 0.15) is 6.42 Å². The van der Waals surface area contributed by atoms with Crippen LogP contribution < -0.4 is 11.9 Å². The fourth-order valence-electron chi connectivity index (χ4n) is 0.132. The van der Waals surface area contributed by atoms with E-state index in [-0.39, 0.29) is 19.2 Å². The van der Waals surface area contributed by atoms with E-state index in [0.717, 1.165) is 0 Å². The van der Waals surface area contributed by atoms with Gasteiger partial charge in [-0.3, -0.25) is 9.11 Å². The van der Waals surface area contributed by atoms with Crippen molar-refractivity contribution in [2.24, 2.45) is 5.73 Å². The lowest BCUT2D eigenvalue weighted by molar-refractivity contribution is 0.139. The zero-order chi connectivity index (χ0) is 9.49. The summed E-state index contributed by atoms with van der Waals surface area (Å²) in [5, 5.41) is 16.2. The second kappa shape index (κ2) is 8.80. The molecule has 0 saturated carbocycles. The number of nitrogens with two attached hydrogens (primary N) is 1. The van der Waals surface area contributed by atoms with Crippen molar-refractivity contribution in [2.75, 3.05) is 6.61 Å². The van der Waals surface area contributed by atoms with Gasteiger partial charge in [0, 0.05) is 13.0 Å². The molecular formula is C3H14N2O6S. The molecular weight excluding hydrogens is 192 g/mol. The lowest BCUT2D eigenvalue weighted by Gasteiger charge is -1.95. The van der Waals surface area contributed by atoms with E-state index in [9.17, 15) is 0 Å². The molecule has 0 aliphatic heterocycles. The van der Waals surface area contributed by atoms with Gasteiger partial charge in [-0.2, -0.15) is 8.42 Å². The summed E-state index contributed by atoms with van der Waals surface area (Å²) in [6.07, 6.45) is -0.588. The molecule has 0 aromatic heterocycles. The van der Waals surface area contributed by atoms with Crippen molar-refractivity contribution in [3.63, 3.8) is 0 Å². The molecule has 0 spiro atoms. The van der Waals surface area contributed by atoms with E-state index in [1.807, 2.05) is 0 Å². The van der Waals surface area contributed by atoms with Crippen LogP contribution in [0, 0.1) is 0 Å². The van der Waals surface area contributed by atoms with Gasteiger partial charge in [0.15, 0.2) is 0 Å². The van der Waals surface area contributed by atoms with Crippen LogP contribution in [-0.2, 0) is 10.4 Å². The van der Waals surface area contributed by atoms with E-state index >= 15 is 0 Å². The Morgan fingerprint density at radius 1 is 1.33 bits per heavy atom. The van der Waals surface area contributed by atoms with Crippen molar-refractivity contribution < 1.29 is 27.7 Å². The molecule has 0 amide bonds. The molecule has 9 heteroatoms. The minimum Gasteiger partial charge on any atom is -0.396 e. The second-order valence-electron chi connectivity index (χ2n) is 1.53. The molecule has 0 aliphatic carbocycles. The summed E-state index contributed by atoms with van der Waals surface area (Å²) in [5.41, 5.74) is 4.80. The third-order valence-electron chi connectivity index (χ3n) is 0.425. The van der Waals surface area contributed by atoms with Crippen LogP contribution in [0.2, 0.25) is 0 Å². The molecule has 0 radical (unpaired) electrons. The topological polar surface area (TPSA) is 176 Å². The summed E-state index contributed by atoms with van der Waals surface area (Å²) >= 11 is 0. The molecule has 12 heavy (non-hydrogen) atoms. The molecule has 1 unspecified atom stereocenters. The zero-order valence-electron chi connectivity index (χ0n) is 6.29. The van der Waals surface area contributed by atoms with E-state index in [4.69, 9.17) is 33.5 Å². The van der Waals surface area contributed by atoms with Gasteiger partial charge in [-0.1, -0.05) is 0 Å². The van der Waals surface area contributed by atoms with Crippen LogP contribution in [0.5, 0.6) is 0 Å². The van der Waals surface area contributed by atoms with Crippen LogP contribution in [-0.4, -0.2) is 40.6 Å². The first-order chi connectivity index (χ1) is 4.77. The van der Waals surface area contributed by atoms with Crippen LogP contribution in [0.4, 0.5) is 0 Å². The zero-order valence-corrected chi connectivity index (χ0v) is 7.11. The summed E-state index contributed by atoms with van der Waals surface area (Å²) in [4.78, 5) is 0. The fourth-order valence-corrected chi connectivity index (χ4v) is 0.132. The third kappa shape index (κ3) is 100. The fraction of sp³-hybridized carbons (Fsp3) is 1.00. The normalized spacial score (nSPS) is 12.1. The Labute approximate surface area is 70.2 Å². The van der Waals surface area contributed by atoms with Crippen molar-refractivity contribution in [3.8, 4) is 0 Å². The highest BCUT2D eigenvalue weighted by molar-refractivity contribution is 7.79. The Bertz CT molecular complexity index is 158. The Balaban J connectivity index is -0.000000126. The number of rotatable bonds is 2. The van der Waals surface area contributed by atoms with Gasteiger partial charge in [0.2, 0.25) is 0 Å². The van der Waals surface area contributed by atoms with E-state index in [2.05, 4.69) is 0 Å². The Kier molecular flexibility index (Phi) is 13.0. The lowest BCUT2D eigenvalue weighted by atomic mass is 10.4. The van der Waals surface area contributed by atoms with Crippen molar-refractivity contribution in [1.29, 1.82) is 0 Å². The first kappa shape index (κ1) is 17.7. The maximum absolute atomic E-state index is 8.74. The highest BCUT2D eigenvalue weighted by Crippen LogP contribution is 1.75. The highest BCUT2D eigenvalue weighted by atomic mass is 32.3. The van der Waals surface area contributed by atoms with Crippen molar-refractivity contribution >= 4 is 10.4 Å². The van der Waals surface area contributed by atoms with Gasteiger partial charge in [0.05, 0.1) is 0 Å². The lowest BCUT2D eigenvalue weighted by Crippen LogP contribution is -2.19. The number of hydrogen-bond acceptors (Lipinski definition) is 6. The highest BCUT2D eigenvalue weighted by Gasteiger charge is 1.88. The summed E-state index contributed by atoms with van der Waals surface area (Å²) in [6, 6.07) is 0. The summed E-state index contributed by atoms with van der Waals surface area (Å²) in [7, 11) is -4.67. The minimum atomic E-state index is -4.67. The van der Waals surface area contributed by atoms with E-state index in [1.54, 1.807) is 0 Å². The van der Waals surface area contributed by atoms with Gasteiger partial charge in [-0.25, -0.2) is 0 Å². The molecule has 0 aromatic rings. The molecule has 0 fully saturated rings. The maximum atomic E-state index is 8.74. The first-order valence-corrected chi connectivity index (χ1v) is 3.91. The van der Waals surface area contributed by atoms with E-state index in [1.165, 1.54) is 0 Å². The van der Waals surface area contributed by atoms with Gasteiger partial charge in [0.25, 0.3) is 0 Å². The smallest absolute Gasteiger partial charge is 0.394 e. The maximum Gasteiger partial charge on any atom is 0.394 e. The van der Waals surface area contributed by atoms with Crippen molar-refractivity contribution in [2.45, 2.75) is 12.6 Å². The number of aliphatic hydroxyl groups is 2. The molecule has 0 bridgehead atoms. The van der Waals surface area contributed by atoms with Crippen LogP contribution in [0.25, 0.3) is 0 Å². The first-order valence-electron chi connectivity index (χ1n) is 2.51. The van der Waals surface area contributed by atoms with Crippen molar-refractivity contribution in [3.05, 3.63) is 0 Å². The molecule has 78 valence electrons. The van der Waals surface area contributed by atoms with E-state index < -0.39 is 16.6 Å². The average molecular weight is 206 g/mol. The number of hydrogen-bond donors (Lipinski definition) is 6. The Morgan fingerprint density at radius 3 is 1.58 bits per heavy atom.